The van der Waals surface area contributed by atoms with Gasteiger partial charge in [-0.2, -0.15) is 0 Å². The molecule has 0 aromatic heterocycles. The Morgan fingerprint density at radius 2 is 1.80 bits per heavy atom. The van der Waals surface area contributed by atoms with Gasteiger partial charge in [-0.25, -0.2) is 8.42 Å². The summed E-state index contributed by atoms with van der Waals surface area (Å²) in [7, 11) is -0.378. The average molecular weight is 495 g/mol. The zero-order valence-corrected chi connectivity index (χ0v) is 21.0. The Balaban J connectivity index is 1.41. The molecule has 8 heteroatoms. The standard InChI is InChI=1S/C27H30N2O5S/c1-20-17-24(35(31,32)29-16-6-8-22-7-4-5-9-25(22)29)14-15-26(20)34-19-27(30)28(2)18-21-10-12-23(33-3)13-11-21/h4-5,7,9-15,17H,6,8,16,18-19H2,1-3H3. The monoisotopic (exact) mass is 494 g/mol. The van der Waals surface area contributed by atoms with Crippen LogP contribution in [0.25, 0.3) is 0 Å². The number of para-hydroxylation sites is 1. The molecule has 1 heterocycles. The highest BCUT2D eigenvalue weighted by atomic mass is 32.2. The van der Waals surface area contributed by atoms with Crippen molar-refractivity contribution in [2.24, 2.45) is 0 Å². The predicted octanol–water partition coefficient (Wildman–Crippen LogP) is 4.18. The number of carbonyl (C=O) groups is 1. The molecule has 3 aromatic carbocycles. The summed E-state index contributed by atoms with van der Waals surface area (Å²) in [6.45, 7) is 2.54. The minimum absolute atomic E-state index is 0.140. The van der Waals surface area contributed by atoms with Gasteiger partial charge in [0.1, 0.15) is 11.5 Å². The molecule has 0 saturated heterocycles. The Labute approximate surface area is 206 Å². The van der Waals surface area contributed by atoms with Crippen molar-refractivity contribution in [1.29, 1.82) is 0 Å². The van der Waals surface area contributed by atoms with Crippen molar-refractivity contribution in [3.63, 3.8) is 0 Å². The molecule has 0 radical (unpaired) electrons. The van der Waals surface area contributed by atoms with E-state index in [0.717, 1.165) is 35.4 Å². The number of methoxy groups -OCH3 is 1. The molecule has 0 aliphatic carbocycles. The second kappa shape index (κ2) is 10.4. The largest absolute Gasteiger partial charge is 0.497 e. The van der Waals surface area contributed by atoms with Crippen molar-refractivity contribution in [2.45, 2.75) is 31.2 Å². The van der Waals surface area contributed by atoms with Gasteiger partial charge >= 0.3 is 0 Å². The molecule has 1 amide bonds. The first kappa shape index (κ1) is 24.6. The molecule has 1 aliphatic heterocycles. The molecule has 7 nitrogen and oxygen atoms in total. The number of amides is 1. The lowest BCUT2D eigenvalue weighted by Crippen LogP contribution is -2.35. The third-order valence-electron chi connectivity index (χ3n) is 6.16. The second-order valence-corrected chi connectivity index (χ2v) is 10.5. The number of hydrogen-bond donors (Lipinski definition) is 0. The Morgan fingerprint density at radius 3 is 2.51 bits per heavy atom. The van der Waals surface area contributed by atoms with Crippen LogP contribution in [0.3, 0.4) is 0 Å². The number of sulfonamides is 1. The van der Waals surface area contributed by atoms with Crippen molar-refractivity contribution in [1.82, 2.24) is 4.90 Å². The average Bonchev–Trinajstić information content (AvgIpc) is 2.87. The summed E-state index contributed by atoms with van der Waals surface area (Å²) >= 11 is 0. The van der Waals surface area contributed by atoms with E-state index < -0.39 is 10.0 Å². The summed E-state index contributed by atoms with van der Waals surface area (Å²) in [6.07, 6.45) is 1.65. The molecule has 0 N–H and O–H groups in total. The van der Waals surface area contributed by atoms with Gasteiger partial charge in [0.05, 0.1) is 17.7 Å². The predicted molar refractivity (Wildman–Crippen MR) is 135 cm³/mol. The third kappa shape index (κ3) is 5.43. The van der Waals surface area contributed by atoms with Crippen LogP contribution in [0.15, 0.2) is 71.6 Å². The number of rotatable bonds is 8. The molecule has 184 valence electrons. The van der Waals surface area contributed by atoms with E-state index >= 15 is 0 Å². The van der Waals surface area contributed by atoms with Crippen LogP contribution in [0.2, 0.25) is 0 Å². The molecule has 0 saturated carbocycles. The first-order valence-corrected chi connectivity index (χ1v) is 12.9. The van der Waals surface area contributed by atoms with Crippen molar-refractivity contribution in [2.75, 3.05) is 31.6 Å². The fourth-order valence-electron chi connectivity index (χ4n) is 4.16. The van der Waals surface area contributed by atoms with E-state index in [-0.39, 0.29) is 17.4 Å². The molecule has 0 spiro atoms. The number of nitrogens with zero attached hydrogens (tertiary/aromatic N) is 2. The number of carbonyl (C=O) groups excluding carboxylic acids is 1. The van der Waals surface area contributed by atoms with Crippen molar-refractivity contribution >= 4 is 21.6 Å². The fraction of sp³-hybridized carbons (Fsp3) is 0.296. The van der Waals surface area contributed by atoms with Gasteiger partial charge in [0, 0.05) is 20.1 Å². The Kier molecular flexibility index (Phi) is 7.31. The van der Waals surface area contributed by atoms with Crippen LogP contribution in [0.1, 0.15) is 23.1 Å². The van der Waals surface area contributed by atoms with Gasteiger partial charge < -0.3 is 14.4 Å². The zero-order chi connectivity index (χ0) is 25.0. The second-order valence-electron chi connectivity index (χ2n) is 8.62. The Hall–Kier alpha value is -3.52. The van der Waals surface area contributed by atoms with Crippen LogP contribution in [0.5, 0.6) is 11.5 Å². The van der Waals surface area contributed by atoms with Crippen molar-refractivity contribution < 1.29 is 22.7 Å². The molecule has 3 aromatic rings. The summed E-state index contributed by atoms with van der Waals surface area (Å²) in [5.41, 5.74) is 3.41. The number of fused-ring (bicyclic) bond motifs is 1. The van der Waals surface area contributed by atoms with E-state index in [1.54, 1.807) is 44.2 Å². The molecular weight excluding hydrogens is 464 g/mol. The fourth-order valence-corrected chi connectivity index (χ4v) is 5.79. The number of likely N-dealkylation sites (N-methyl/N-ethyl adjacent to an activating group) is 1. The summed E-state index contributed by atoms with van der Waals surface area (Å²) in [5.74, 6) is 1.06. The highest BCUT2D eigenvalue weighted by molar-refractivity contribution is 7.92. The first-order valence-electron chi connectivity index (χ1n) is 11.5. The van der Waals surface area contributed by atoms with Crippen LogP contribution >= 0.6 is 0 Å². The molecule has 4 rings (SSSR count). The van der Waals surface area contributed by atoms with E-state index in [2.05, 4.69) is 0 Å². The summed E-state index contributed by atoms with van der Waals surface area (Å²) in [4.78, 5) is 14.4. The summed E-state index contributed by atoms with van der Waals surface area (Å²) in [5, 5.41) is 0. The number of benzene rings is 3. The van der Waals surface area contributed by atoms with Crippen molar-refractivity contribution in [3.8, 4) is 11.5 Å². The topological polar surface area (TPSA) is 76.1 Å². The smallest absolute Gasteiger partial charge is 0.264 e. The van der Waals surface area contributed by atoms with Crippen LogP contribution in [-0.2, 0) is 27.8 Å². The van der Waals surface area contributed by atoms with Crippen molar-refractivity contribution in [3.05, 3.63) is 83.4 Å². The number of ether oxygens (including phenoxy) is 2. The maximum Gasteiger partial charge on any atom is 0.264 e. The van der Waals surface area contributed by atoms with Gasteiger partial charge in [0.25, 0.3) is 15.9 Å². The number of anilines is 1. The third-order valence-corrected chi connectivity index (χ3v) is 7.97. The van der Waals surface area contributed by atoms with Crippen LogP contribution in [-0.4, -0.2) is 46.5 Å². The Bertz CT molecular complexity index is 1310. The highest BCUT2D eigenvalue weighted by Gasteiger charge is 2.29. The van der Waals surface area contributed by atoms with Crippen LogP contribution < -0.4 is 13.8 Å². The Morgan fingerprint density at radius 1 is 1.06 bits per heavy atom. The number of aryl methyl sites for hydroxylation is 2. The van der Waals surface area contributed by atoms with Crippen LogP contribution in [0.4, 0.5) is 5.69 Å². The van der Waals surface area contributed by atoms with E-state index in [4.69, 9.17) is 9.47 Å². The van der Waals surface area contributed by atoms with Gasteiger partial charge in [-0.3, -0.25) is 9.10 Å². The highest BCUT2D eigenvalue weighted by Crippen LogP contribution is 2.33. The molecule has 1 aliphatic rings. The SMILES string of the molecule is COc1ccc(CN(C)C(=O)COc2ccc(S(=O)(=O)N3CCCc4ccccc43)cc2C)cc1. The lowest BCUT2D eigenvalue weighted by atomic mass is 10.0. The lowest BCUT2D eigenvalue weighted by molar-refractivity contribution is -0.132. The molecule has 0 bridgehead atoms. The summed E-state index contributed by atoms with van der Waals surface area (Å²) < 4.78 is 39.2. The van der Waals surface area contributed by atoms with Crippen LogP contribution in [0, 0.1) is 6.92 Å². The van der Waals surface area contributed by atoms with E-state index in [9.17, 15) is 13.2 Å². The maximum atomic E-state index is 13.4. The molecule has 0 unspecified atom stereocenters. The maximum absolute atomic E-state index is 13.4. The zero-order valence-electron chi connectivity index (χ0n) is 20.2. The minimum Gasteiger partial charge on any atom is -0.497 e. The normalized spacial score (nSPS) is 13.2. The van der Waals surface area contributed by atoms with Gasteiger partial charge in [-0.05, 0) is 72.9 Å². The van der Waals surface area contributed by atoms with E-state index in [0.29, 0.717) is 24.4 Å². The molecule has 35 heavy (non-hydrogen) atoms. The lowest BCUT2D eigenvalue weighted by Gasteiger charge is -2.30. The number of hydrogen-bond acceptors (Lipinski definition) is 5. The molecular formula is C27H30N2O5S. The summed E-state index contributed by atoms with van der Waals surface area (Å²) in [6, 6.07) is 19.9. The van der Waals surface area contributed by atoms with Gasteiger partial charge in [0.2, 0.25) is 0 Å². The minimum atomic E-state index is -3.71. The van der Waals surface area contributed by atoms with Gasteiger partial charge in [-0.1, -0.05) is 30.3 Å². The van der Waals surface area contributed by atoms with E-state index in [1.165, 1.54) is 4.31 Å². The quantitative estimate of drug-likeness (QED) is 0.470. The van der Waals surface area contributed by atoms with Gasteiger partial charge in [-0.15, -0.1) is 0 Å². The first-order chi connectivity index (χ1) is 16.8. The van der Waals surface area contributed by atoms with Gasteiger partial charge in [0.15, 0.2) is 6.61 Å². The molecule has 0 atom stereocenters. The molecule has 0 fully saturated rings. The van der Waals surface area contributed by atoms with E-state index in [1.807, 2.05) is 48.5 Å².